The molecule has 0 bridgehead atoms. The van der Waals surface area contributed by atoms with Crippen molar-refractivity contribution in [3.8, 4) is 11.5 Å². The molecule has 1 aliphatic heterocycles. The van der Waals surface area contributed by atoms with Gasteiger partial charge in [-0.15, -0.1) is 0 Å². The average Bonchev–Trinajstić information content (AvgIpc) is 3.04. The van der Waals surface area contributed by atoms with Gasteiger partial charge in [-0.25, -0.2) is 0 Å². The van der Waals surface area contributed by atoms with E-state index in [1.807, 2.05) is 6.07 Å². The van der Waals surface area contributed by atoms with Crippen LogP contribution in [0.3, 0.4) is 0 Å². The molecule has 30 heavy (non-hydrogen) atoms. The van der Waals surface area contributed by atoms with Crippen LogP contribution < -0.4 is 14.3 Å². The predicted molar refractivity (Wildman–Crippen MR) is 113 cm³/mol. The standard InChI is InChI=1S/C20H16Cl2N2O5S/c1-2-27-17(25)9-24-18-12(22)7-11(21)8-16(18)30-20(24)23-19(26)15-10-28-13-5-3-4-6-14(13)29-15/h3-8,15H,2,9-10H2,1H3. The van der Waals surface area contributed by atoms with E-state index in [4.69, 9.17) is 37.4 Å². The molecule has 1 amide bonds. The van der Waals surface area contributed by atoms with Crippen molar-refractivity contribution in [1.29, 1.82) is 0 Å². The molecule has 0 N–H and O–H groups in total. The van der Waals surface area contributed by atoms with Crippen molar-refractivity contribution in [2.24, 2.45) is 4.99 Å². The molecule has 1 aromatic heterocycles. The van der Waals surface area contributed by atoms with E-state index in [0.29, 0.717) is 31.8 Å². The molecule has 0 saturated carbocycles. The topological polar surface area (TPSA) is 79.1 Å². The molecule has 0 fully saturated rings. The fourth-order valence-electron chi connectivity index (χ4n) is 3.00. The monoisotopic (exact) mass is 466 g/mol. The van der Waals surface area contributed by atoms with Crippen molar-refractivity contribution < 1.29 is 23.8 Å². The van der Waals surface area contributed by atoms with Crippen LogP contribution in [0.25, 0.3) is 10.2 Å². The van der Waals surface area contributed by atoms with Gasteiger partial charge >= 0.3 is 5.97 Å². The van der Waals surface area contributed by atoms with Crippen molar-refractivity contribution in [2.75, 3.05) is 13.2 Å². The van der Waals surface area contributed by atoms with E-state index >= 15 is 0 Å². The number of esters is 1. The Balaban J connectivity index is 1.73. The maximum atomic E-state index is 12.8. The number of hydrogen-bond acceptors (Lipinski definition) is 6. The van der Waals surface area contributed by atoms with Crippen molar-refractivity contribution in [1.82, 2.24) is 4.57 Å². The molecular weight excluding hydrogens is 451 g/mol. The van der Waals surface area contributed by atoms with Gasteiger partial charge in [0.2, 0.25) is 6.10 Å². The average molecular weight is 467 g/mol. The Morgan fingerprint density at radius 3 is 2.80 bits per heavy atom. The number of para-hydroxylation sites is 2. The molecular formula is C20H16Cl2N2O5S. The molecule has 2 heterocycles. The summed E-state index contributed by atoms with van der Waals surface area (Å²) in [5.41, 5.74) is 0.553. The van der Waals surface area contributed by atoms with Crippen LogP contribution in [0.5, 0.6) is 11.5 Å². The van der Waals surface area contributed by atoms with Crippen molar-refractivity contribution in [3.63, 3.8) is 0 Å². The molecule has 0 spiro atoms. The summed E-state index contributed by atoms with van der Waals surface area (Å²) in [5.74, 6) is 0.0456. The Kier molecular flexibility index (Phi) is 5.99. The Labute approximate surface area is 185 Å². The predicted octanol–water partition coefficient (Wildman–Crippen LogP) is 3.84. The van der Waals surface area contributed by atoms with Crippen LogP contribution >= 0.6 is 34.5 Å². The smallest absolute Gasteiger partial charge is 0.326 e. The highest BCUT2D eigenvalue weighted by molar-refractivity contribution is 7.16. The van der Waals surface area contributed by atoms with Gasteiger partial charge in [-0.1, -0.05) is 46.7 Å². The lowest BCUT2D eigenvalue weighted by atomic mass is 10.2. The minimum absolute atomic E-state index is 0.0364. The minimum atomic E-state index is -0.903. The van der Waals surface area contributed by atoms with E-state index in [2.05, 4.69) is 4.99 Å². The highest BCUT2D eigenvalue weighted by Crippen LogP contribution is 2.32. The molecule has 4 rings (SSSR count). The number of halogens is 2. The third kappa shape index (κ3) is 4.16. The van der Waals surface area contributed by atoms with Gasteiger partial charge in [0.15, 0.2) is 16.3 Å². The van der Waals surface area contributed by atoms with Crippen molar-refractivity contribution in [2.45, 2.75) is 19.6 Å². The van der Waals surface area contributed by atoms with Gasteiger partial charge in [0.05, 0.1) is 21.8 Å². The fourth-order valence-corrected chi connectivity index (χ4v) is 4.82. The zero-order chi connectivity index (χ0) is 21.3. The van der Waals surface area contributed by atoms with Crippen LogP contribution in [0.2, 0.25) is 10.0 Å². The minimum Gasteiger partial charge on any atom is -0.485 e. The van der Waals surface area contributed by atoms with Gasteiger partial charge in [0.25, 0.3) is 5.91 Å². The number of nitrogens with zero attached hydrogens (tertiary/aromatic N) is 2. The van der Waals surface area contributed by atoms with Crippen LogP contribution in [0, 0.1) is 0 Å². The normalized spacial score (nSPS) is 16.0. The zero-order valence-electron chi connectivity index (χ0n) is 15.8. The fraction of sp³-hybridized carbons (Fsp3) is 0.250. The summed E-state index contributed by atoms with van der Waals surface area (Å²) in [6.07, 6.45) is -0.903. The largest absolute Gasteiger partial charge is 0.485 e. The maximum Gasteiger partial charge on any atom is 0.326 e. The zero-order valence-corrected chi connectivity index (χ0v) is 18.1. The number of amides is 1. The number of carbonyl (C=O) groups is 2. The van der Waals surface area contributed by atoms with Gasteiger partial charge in [0, 0.05) is 5.02 Å². The Morgan fingerprint density at radius 1 is 1.27 bits per heavy atom. The summed E-state index contributed by atoms with van der Waals surface area (Å²) in [6.45, 7) is 1.84. The van der Waals surface area contributed by atoms with Crippen LogP contribution in [0.15, 0.2) is 41.4 Å². The van der Waals surface area contributed by atoms with Gasteiger partial charge in [-0.2, -0.15) is 4.99 Å². The lowest BCUT2D eigenvalue weighted by molar-refractivity contribution is -0.143. The van der Waals surface area contributed by atoms with E-state index < -0.39 is 18.0 Å². The van der Waals surface area contributed by atoms with Crippen molar-refractivity contribution >= 4 is 56.6 Å². The van der Waals surface area contributed by atoms with Gasteiger partial charge in [-0.3, -0.25) is 9.59 Å². The Morgan fingerprint density at radius 2 is 2.03 bits per heavy atom. The summed E-state index contributed by atoms with van der Waals surface area (Å²) in [5, 5.41) is 0.786. The second-order valence-electron chi connectivity index (χ2n) is 6.32. The summed E-state index contributed by atoms with van der Waals surface area (Å²) >= 11 is 13.7. The first kappa shape index (κ1) is 20.7. The molecule has 156 valence electrons. The number of rotatable bonds is 4. The number of carbonyl (C=O) groups excluding carboxylic acids is 2. The van der Waals surface area contributed by atoms with Crippen LogP contribution in [-0.4, -0.2) is 35.8 Å². The molecule has 0 aliphatic carbocycles. The molecule has 0 radical (unpaired) electrons. The number of fused-ring (bicyclic) bond motifs is 2. The molecule has 10 heteroatoms. The first-order valence-electron chi connectivity index (χ1n) is 9.07. The number of ether oxygens (including phenoxy) is 3. The van der Waals surface area contributed by atoms with Gasteiger partial charge < -0.3 is 18.8 Å². The lowest BCUT2D eigenvalue weighted by Crippen LogP contribution is -2.37. The number of aromatic nitrogens is 1. The number of hydrogen-bond donors (Lipinski definition) is 0. The summed E-state index contributed by atoms with van der Waals surface area (Å²) in [7, 11) is 0. The molecule has 2 aromatic carbocycles. The van der Waals surface area contributed by atoms with Crippen molar-refractivity contribution in [3.05, 3.63) is 51.2 Å². The highest BCUT2D eigenvalue weighted by atomic mass is 35.5. The van der Waals surface area contributed by atoms with Crippen LogP contribution in [-0.2, 0) is 20.9 Å². The second kappa shape index (κ2) is 8.67. The molecule has 1 unspecified atom stereocenters. The molecule has 1 aliphatic rings. The van der Waals surface area contributed by atoms with E-state index in [1.165, 1.54) is 11.3 Å². The third-order valence-corrected chi connectivity index (χ3v) is 5.81. The van der Waals surface area contributed by atoms with Gasteiger partial charge in [0.1, 0.15) is 13.2 Å². The first-order valence-corrected chi connectivity index (χ1v) is 10.6. The quantitative estimate of drug-likeness (QED) is 0.545. The summed E-state index contributed by atoms with van der Waals surface area (Å²) in [6, 6.07) is 10.4. The SMILES string of the molecule is CCOC(=O)Cn1c(=NC(=O)C2COc3ccccc3O2)sc2cc(Cl)cc(Cl)c21. The van der Waals surface area contributed by atoms with Crippen LogP contribution in [0.1, 0.15) is 6.92 Å². The first-order chi connectivity index (χ1) is 14.5. The summed E-state index contributed by atoms with van der Waals surface area (Å²) < 4.78 is 18.6. The Hall–Kier alpha value is -2.55. The molecule has 1 atom stereocenters. The third-order valence-electron chi connectivity index (χ3n) is 4.28. The van der Waals surface area contributed by atoms with Gasteiger partial charge in [-0.05, 0) is 31.2 Å². The molecule has 3 aromatic rings. The second-order valence-corrected chi connectivity index (χ2v) is 8.18. The van der Waals surface area contributed by atoms with E-state index in [9.17, 15) is 9.59 Å². The molecule has 7 nitrogen and oxygen atoms in total. The van der Waals surface area contributed by atoms with Crippen LogP contribution in [0.4, 0.5) is 0 Å². The van der Waals surface area contributed by atoms with E-state index in [1.54, 1.807) is 41.8 Å². The summed E-state index contributed by atoms with van der Waals surface area (Å²) in [4.78, 5) is 29.4. The Bertz CT molecular complexity index is 1200. The number of thiazole rings is 1. The maximum absolute atomic E-state index is 12.8. The van der Waals surface area contributed by atoms with E-state index in [-0.39, 0.29) is 24.6 Å². The number of benzene rings is 2. The highest BCUT2D eigenvalue weighted by Gasteiger charge is 2.27. The molecule has 0 saturated heterocycles. The van der Waals surface area contributed by atoms with E-state index in [0.717, 1.165) is 0 Å². The lowest BCUT2D eigenvalue weighted by Gasteiger charge is -2.23.